The number of non-ortho nitro benzene ring substituents is 1. The quantitative estimate of drug-likeness (QED) is 0.100. The Hall–Kier alpha value is -3.09. The molecule has 4 aromatic rings. The maximum Gasteiger partial charge on any atom is 0.282 e. The first-order chi connectivity index (χ1) is 18.6. The molecular formula is C27H23Br3N4O5. The van der Waals surface area contributed by atoms with E-state index in [0.29, 0.717) is 54.9 Å². The highest BCUT2D eigenvalue weighted by Crippen LogP contribution is 2.43. The Morgan fingerprint density at radius 1 is 1.10 bits per heavy atom. The Morgan fingerprint density at radius 3 is 2.56 bits per heavy atom. The molecule has 0 spiro atoms. The summed E-state index contributed by atoms with van der Waals surface area (Å²) in [4.78, 5) is 28.7. The molecule has 12 heteroatoms. The average Bonchev–Trinajstić information content (AvgIpc) is 2.90. The summed E-state index contributed by atoms with van der Waals surface area (Å²) in [7, 11) is 0. The van der Waals surface area contributed by atoms with Crippen molar-refractivity contribution in [2.45, 2.75) is 33.3 Å². The molecule has 4 rings (SSSR count). The van der Waals surface area contributed by atoms with Gasteiger partial charge in [0.2, 0.25) is 0 Å². The highest BCUT2D eigenvalue weighted by atomic mass is 79.9. The van der Waals surface area contributed by atoms with Gasteiger partial charge in [-0.2, -0.15) is 9.78 Å². The van der Waals surface area contributed by atoms with Crippen LogP contribution in [0.1, 0.15) is 43.6 Å². The van der Waals surface area contributed by atoms with E-state index in [1.54, 1.807) is 36.5 Å². The Labute approximate surface area is 249 Å². The van der Waals surface area contributed by atoms with Gasteiger partial charge in [-0.25, -0.2) is 4.98 Å². The van der Waals surface area contributed by atoms with Crippen LogP contribution in [0.3, 0.4) is 0 Å². The summed E-state index contributed by atoms with van der Waals surface area (Å²) in [5, 5.41) is 16.1. The SMILES string of the molecule is CCOc1cc(C=Nn2c(C(C)C)nc3ccc(Br)cc3c2=O)c(Br)c(Br)c1OCc1cccc([N+](=O)[O-])c1. The van der Waals surface area contributed by atoms with Gasteiger partial charge in [-0.1, -0.05) is 41.9 Å². The van der Waals surface area contributed by atoms with Gasteiger partial charge in [0.25, 0.3) is 11.2 Å². The number of ether oxygens (including phenoxy) is 2. The lowest BCUT2D eigenvalue weighted by atomic mass is 10.2. The van der Waals surface area contributed by atoms with Crippen LogP contribution >= 0.6 is 47.8 Å². The predicted octanol–water partition coefficient (Wildman–Crippen LogP) is 7.58. The van der Waals surface area contributed by atoms with E-state index in [9.17, 15) is 14.9 Å². The fourth-order valence-electron chi connectivity index (χ4n) is 3.78. The molecule has 1 heterocycles. The summed E-state index contributed by atoms with van der Waals surface area (Å²) in [6.07, 6.45) is 1.56. The number of aromatic nitrogens is 2. The predicted molar refractivity (Wildman–Crippen MR) is 161 cm³/mol. The third kappa shape index (κ3) is 6.39. The van der Waals surface area contributed by atoms with E-state index in [1.165, 1.54) is 16.8 Å². The lowest BCUT2D eigenvalue weighted by Crippen LogP contribution is -2.23. The zero-order valence-electron chi connectivity index (χ0n) is 21.2. The highest BCUT2D eigenvalue weighted by Gasteiger charge is 2.19. The van der Waals surface area contributed by atoms with Gasteiger partial charge >= 0.3 is 0 Å². The van der Waals surface area contributed by atoms with Crippen LogP contribution in [0.2, 0.25) is 0 Å². The van der Waals surface area contributed by atoms with Gasteiger partial charge in [-0.15, -0.1) is 0 Å². The van der Waals surface area contributed by atoms with Crippen LogP contribution in [-0.4, -0.2) is 27.4 Å². The average molecular weight is 723 g/mol. The van der Waals surface area contributed by atoms with Gasteiger partial charge in [0.15, 0.2) is 11.5 Å². The third-order valence-electron chi connectivity index (χ3n) is 5.62. The molecule has 0 amide bonds. The van der Waals surface area contributed by atoms with Crippen LogP contribution < -0.4 is 15.0 Å². The van der Waals surface area contributed by atoms with Crippen molar-refractivity contribution in [3.05, 3.63) is 99.4 Å². The second-order valence-electron chi connectivity index (χ2n) is 8.72. The maximum absolute atomic E-state index is 13.4. The first-order valence-electron chi connectivity index (χ1n) is 11.9. The number of fused-ring (bicyclic) bond motifs is 1. The number of halogens is 3. The molecule has 202 valence electrons. The Morgan fingerprint density at radius 2 is 1.87 bits per heavy atom. The minimum atomic E-state index is -0.449. The minimum absolute atomic E-state index is 0.0144. The number of hydrogen-bond donors (Lipinski definition) is 0. The molecule has 0 aliphatic rings. The normalized spacial score (nSPS) is 11.5. The molecule has 0 aliphatic carbocycles. The first-order valence-corrected chi connectivity index (χ1v) is 14.3. The zero-order valence-corrected chi connectivity index (χ0v) is 25.9. The summed E-state index contributed by atoms with van der Waals surface area (Å²) < 4.78 is 15.1. The molecule has 0 radical (unpaired) electrons. The second kappa shape index (κ2) is 12.4. The fraction of sp³-hybridized carbons (Fsp3) is 0.222. The number of nitrogens with zero attached hydrogens (tertiary/aromatic N) is 4. The summed E-state index contributed by atoms with van der Waals surface area (Å²) >= 11 is 10.6. The topological polar surface area (TPSA) is 109 Å². The van der Waals surface area contributed by atoms with Crippen LogP contribution in [-0.2, 0) is 6.61 Å². The summed E-state index contributed by atoms with van der Waals surface area (Å²) in [5.74, 6) is 1.34. The Kier molecular flexibility index (Phi) is 9.19. The van der Waals surface area contributed by atoms with Gasteiger partial charge in [-0.05, 0) is 68.6 Å². The molecule has 0 saturated carbocycles. The van der Waals surface area contributed by atoms with Crippen LogP contribution in [0.25, 0.3) is 10.9 Å². The van der Waals surface area contributed by atoms with Gasteiger partial charge in [-0.3, -0.25) is 14.9 Å². The maximum atomic E-state index is 13.4. The number of nitro groups is 1. The van der Waals surface area contributed by atoms with Crippen molar-refractivity contribution in [1.82, 2.24) is 9.66 Å². The monoisotopic (exact) mass is 720 g/mol. The van der Waals surface area contributed by atoms with E-state index in [2.05, 4.69) is 57.9 Å². The number of benzene rings is 3. The van der Waals surface area contributed by atoms with Crippen molar-refractivity contribution in [1.29, 1.82) is 0 Å². The first kappa shape index (κ1) is 28.9. The van der Waals surface area contributed by atoms with E-state index in [-0.39, 0.29) is 23.8 Å². The Balaban J connectivity index is 1.73. The summed E-state index contributed by atoms with van der Waals surface area (Å²) in [6, 6.07) is 13.4. The van der Waals surface area contributed by atoms with Crippen molar-refractivity contribution in [3.63, 3.8) is 0 Å². The van der Waals surface area contributed by atoms with Crippen LogP contribution in [0.4, 0.5) is 5.69 Å². The van der Waals surface area contributed by atoms with E-state index >= 15 is 0 Å². The van der Waals surface area contributed by atoms with Gasteiger partial charge < -0.3 is 9.47 Å². The van der Waals surface area contributed by atoms with E-state index in [4.69, 9.17) is 9.47 Å². The summed E-state index contributed by atoms with van der Waals surface area (Å²) in [6.45, 7) is 6.21. The third-order valence-corrected chi connectivity index (χ3v) is 8.26. The fourth-order valence-corrected chi connectivity index (χ4v) is 5.08. The molecular weight excluding hydrogens is 700 g/mol. The molecule has 1 aromatic heterocycles. The second-order valence-corrected chi connectivity index (χ2v) is 11.2. The lowest BCUT2D eigenvalue weighted by Gasteiger charge is -2.16. The van der Waals surface area contributed by atoms with Crippen LogP contribution in [0.15, 0.2) is 71.8 Å². The van der Waals surface area contributed by atoms with Crippen LogP contribution in [0.5, 0.6) is 11.5 Å². The van der Waals surface area contributed by atoms with Gasteiger partial charge in [0.1, 0.15) is 12.4 Å². The van der Waals surface area contributed by atoms with Crippen molar-refractivity contribution in [2.75, 3.05) is 6.61 Å². The molecule has 0 N–H and O–H groups in total. The van der Waals surface area contributed by atoms with Crippen molar-refractivity contribution < 1.29 is 14.4 Å². The summed E-state index contributed by atoms with van der Waals surface area (Å²) in [5.41, 5.74) is 1.57. The lowest BCUT2D eigenvalue weighted by molar-refractivity contribution is -0.384. The van der Waals surface area contributed by atoms with Crippen molar-refractivity contribution >= 4 is 70.6 Å². The molecule has 3 aromatic carbocycles. The van der Waals surface area contributed by atoms with Gasteiger partial charge in [0.05, 0.1) is 33.1 Å². The Bertz CT molecular complexity index is 1650. The molecule has 39 heavy (non-hydrogen) atoms. The molecule has 9 nitrogen and oxygen atoms in total. The minimum Gasteiger partial charge on any atom is -0.490 e. The van der Waals surface area contributed by atoms with E-state index in [0.717, 1.165) is 4.47 Å². The standard InChI is InChI=1S/C27H23Br3N4O5/c1-4-38-22-11-17(23(29)24(30)25(22)39-14-16-6-5-7-19(10-16)34(36)37)13-31-33-26(15(2)3)32-21-9-8-18(28)12-20(21)27(33)35/h5-13,15H,4,14H2,1-3H3. The molecule has 0 fully saturated rings. The van der Waals surface area contributed by atoms with Crippen molar-refractivity contribution in [2.24, 2.45) is 5.10 Å². The van der Waals surface area contributed by atoms with Crippen molar-refractivity contribution in [3.8, 4) is 11.5 Å². The van der Waals surface area contributed by atoms with E-state index in [1.807, 2.05) is 26.8 Å². The van der Waals surface area contributed by atoms with Crippen LogP contribution in [0, 0.1) is 10.1 Å². The largest absolute Gasteiger partial charge is 0.490 e. The zero-order chi connectivity index (χ0) is 28.3. The molecule has 0 bridgehead atoms. The molecule has 0 unspecified atom stereocenters. The van der Waals surface area contributed by atoms with E-state index < -0.39 is 4.92 Å². The smallest absolute Gasteiger partial charge is 0.282 e. The molecule has 0 atom stereocenters. The number of nitro benzene ring substituents is 1. The molecule has 0 saturated heterocycles. The number of hydrogen-bond acceptors (Lipinski definition) is 7. The highest BCUT2D eigenvalue weighted by molar-refractivity contribution is 9.13. The van der Waals surface area contributed by atoms with Gasteiger partial charge in [0, 0.05) is 32.6 Å². The number of rotatable bonds is 9. The molecule has 0 aliphatic heterocycles.